The SMILES string of the molecule is O=C(CSc1nnc(-c2ccccc2F)o1)Nc1ccccc1[N+](=O)[O-]. The van der Waals surface area contributed by atoms with Gasteiger partial charge in [-0.15, -0.1) is 10.2 Å². The molecular weight excluding hydrogens is 363 g/mol. The Balaban J connectivity index is 1.63. The zero-order valence-electron chi connectivity index (χ0n) is 13.1. The van der Waals surface area contributed by atoms with Crippen LogP contribution in [-0.4, -0.2) is 26.8 Å². The average Bonchev–Trinajstić information content (AvgIpc) is 3.09. The summed E-state index contributed by atoms with van der Waals surface area (Å²) in [6.45, 7) is 0. The second kappa shape index (κ2) is 7.74. The van der Waals surface area contributed by atoms with E-state index in [2.05, 4.69) is 15.5 Å². The van der Waals surface area contributed by atoms with Gasteiger partial charge in [-0.1, -0.05) is 36.0 Å². The van der Waals surface area contributed by atoms with Crippen LogP contribution in [0.25, 0.3) is 11.5 Å². The van der Waals surface area contributed by atoms with Gasteiger partial charge in [0, 0.05) is 6.07 Å². The summed E-state index contributed by atoms with van der Waals surface area (Å²) >= 11 is 0.939. The molecule has 2 aromatic carbocycles. The number of hydrogen-bond acceptors (Lipinski definition) is 7. The Bertz CT molecular complexity index is 963. The predicted octanol–water partition coefficient (Wildman–Crippen LogP) is 3.51. The number of rotatable bonds is 6. The van der Waals surface area contributed by atoms with E-state index in [0.29, 0.717) is 0 Å². The van der Waals surface area contributed by atoms with Crippen molar-refractivity contribution >= 4 is 29.0 Å². The van der Waals surface area contributed by atoms with Crippen LogP contribution in [0, 0.1) is 15.9 Å². The lowest BCUT2D eigenvalue weighted by atomic mass is 10.2. The molecule has 0 spiro atoms. The number of carbonyl (C=O) groups is 1. The molecule has 0 unspecified atom stereocenters. The van der Waals surface area contributed by atoms with Crippen molar-refractivity contribution in [2.24, 2.45) is 0 Å². The number of anilines is 1. The van der Waals surface area contributed by atoms with E-state index in [1.165, 1.54) is 36.4 Å². The molecule has 8 nitrogen and oxygen atoms in total. The molecule has 0 aliphatic carbocycles. The third kappa shape index (κ3) is 4.03. The lowest BCUT2D eigenvalue weighted by molar-refractivity contribution is -0.383. The van der Waals surface area contributed by atoms with Crippen LogP contribution in [0.2, 0.25) is 0 Å². The van der Waals surface area contributed by atoms with Gasteiger partial charge in [0.1, 0.15) is 11.5 Å². The van der Waals surface area contributed by atoms with Gasteiger partial charge in [-0.2, -0.15) is 0 Å². The number of thioether (sulfide) groups is 1. The Hall–Kier alpha value is -3.27. The number of nitrogens with zero attached hydrogens (tertiary/aromatic N) is 3. The summed E-state index contributed by atoms with van der Waals surface area (Å²) in [5.74, 6) is -1.08. The number of benzene rings is 2. The highest BCUT2D eigenvalue weighted by molar-refractivity contribution is 7.99. The molecule has 0 aliphatic rings. The lowest BCUT2D eigenvalue weighted by Crippen LogP contribution is -2.15. The number of para-hydroxylation sites is 2. The lowest BCUT2D eigenvalue weighted by Gasteiger charge is -2.04. The molecular formula is C16H11FN4O4S. The van der Waals surface area contributed by atoms with E-state index < -0.39 is 16.6 Å². The molecule has 132 valence electrons. The number of nitro benzene ring substituents is 1. The first-order valence-corrected chi connectivity index (χ1v) is 8.27. The van der Waals surface area contributed by atoms with Crippen molar-refractivity contribution in [3.8, 4) is 11.5 Å². The van der Waals surface area contributed by atoms with Crippen LogP contribution in [0.4, 0.5) is 15.8 Å². The van der Waals surface area contributed by atoms with Crippen molar-refractivity contribution in [1.29, 1.82) is 0 Å². The van der Waals surface area contributed by atoms with Crippen LogP contribution in [-0.2, 0) is 4.79 Å². The van der Waals surface area contributed by atoms with Gasteiger partial charge < -0.3 is 9.73 Å². The van der Waals surface area contributed by atoms with Gasteiger partial charge in [0.05, 0.1) is 16.2 Å². The van der Waals surface area contributed by atoms with Gasteiger partial charge in [-0.05, 0) is 18.2 Å². The molecule has 0 atom stereocenters. The first-order valence-electron chi connectivity index (χ1n) is 7.29. The molecule has 0 bridgehead atoms. The third-order valence-corrected chi connectivity index (χ3v) is 4.03. The Morgan fingerprint density at radius 1 is 1.19 bits per heavy atom. The fraction of sp³-hybridized carbons (Fsp3) is 0.0625. The van der Waals surface area contributed by atoms with E-state index in [1.54, 1.807) is 12.1 Å². The molecule has 10 heteroatoms. The van der Waals surface area contributed by atoms with Crippen LogP contribution < -0.4 is 5.32 Å². The van der Waals surface area contributed by atoms with Crippen molar-refractivity contribution < 1.29 is 18.5 Å². The number of amides is 1. The van der Waals surface area contributed by atoms with Crippen molar-refractivity contribution in [3.05, 3.63) is 64.5 Å². The Morgan fingerprint density at radius 3 is 2.69 bits per heavy atom. The summed E-state index contributed by atoms with van der Waals surface area (Å²) in [6, 6.07) is 11.8. The van der Waals surface area contributed by atoms with Crippen LogP contribution in [0.3, 0.4) is 0 Å². The number of nitro groups is 1. The maximum atomic E-state index is 13.7. The number of carbonyl (C=O) groups excluding carboxylic acids is 1. The maximum absolute atomic E-state index is 13.7. The summed E-state index contributed by atoms with van der Waals surface area (Å²) in [5.41, 5.74) is 0.0577. The molecule has 0 saturated heterocycles. The Morgan fingerprint density at radius 2 is 1.92 bits per heavy atom. The normalized spacial score (nSPS) is 10.5. The van der Waals surface area contributed by atoms with Crippen LogP contribution in [0.15, 0.2) is 58.2 Å². The van der Waals surface area contributed by atoms with Crippen LogP contribution in [0.5, 0.6) is 0 Å². The molecule has 0 radical (unpaired) electrons. The van der Waals surface area contributed by atoms with Gasteiger partial charge in [-0.25, -0.2) is 4.39 Å². The number of hydrogen-bond donors (Lipinski definition) is 1. The average molecular weight is 374 g/mol. The molecule has 3 aromatic rings. The zero-order chi connectivity index (χ0) is 18.5. The van der Waals surface area contributed by atoms with E-state index in [0.717, 1.165) is 11.8 Å². The standard InChI is InChI=1S/C16H11FN4O4S/c17-11-6-2-1-5-10(11)15-19-20-16(25-15)26-9-14(22)18-12-7-3-4-8-13(12)21(23)24/h1-8H,9H2,(H,18,22). The van der Waals surface area contributed by atoms with Gasteiger partial charge in [-0.3, -0.25) is 14.9 Å². The molecule has 1 aromatic heterocycles. The molecule has 3 rings (SSSR count). The largest absolute Gasteiger partial charge is 0.411 e. The number of nitrogens with one attached hydrogen (secondary N) is 1. The highest BCUT2D eigenvalue weighted by atomic mass is 32.2. The monoisotopic (exact) mass is 374 g/mol. The highest BCUT2D eigenvalue weighted by Gasteiger charge is 2.17. The van der Waals surface area contributed by atoms with E-state index in [4.69, 9.17) is 4.42 Å². The van der Waals surface area contributed by atoms with E-state index in [-0.39, 0.29) is 33.8 Å². The zero-order valence-corrected chi connectivity index (χ0v) is 13.9. The molecule has 1 heterocycles. The van der Waals surface area contributed by atoms with Crippen molar-refractivity contribution in [2.45, 2.75) is 5.22 Å². The Kier molecular flexibility index (Phi) is 5.23. The van der Waals surface area contributed by atoms with Crippen molar-refractivity contribution in [3.63, 3.8) is 0 Å². The molecule has 0 fully saturated rings. The summed E-state index contributed by atoms with van der Waals surface area (Å²) in [7, 11) is 0. The van der Waals surface area contributed by atoms with Crippen LogP contribution >= 0.6 is 11.8 Å². The minimum atomic E-state index is -0.582. The molecule has 26 heavy (non-hydrogen) atoms. The molecule has 1 amide bonds. The fourth-order valence-electron chi connectivity index (χ4n) is 2.06. The smallest absolute Gasteiger partial charge is 0.292 e. The van der Waals surface area contributed by atoms with Crippen LogP contribution in [0.1, 0.15) is 0 Å². The minimum absolute atomic E-state index is 0.00436. The summed E-state index contributed by atoms with van der Waals surface area (Å²) in [4.78, 5) is 22.3. The molecule has 1 N–H and O–H groups in total. The highest BCUT2D eigenvalue weighted by Crippen LogP contribution is 2.26. The van der Waals surface area contributed by atoms with E-state index >= 15 is 0 Å². The third-order valence-electron chi connectivity index (χ3n) is 3.21. The maximum Gasteiger partial charge on any atom is 0.292 e. The van der Waals surface area contributed by atoms with Crippen molar-refractivity contribution in [2.75, 3.05) is 11.1 Å². The number of aromatic nitrogens is 2. The first-order chi connectivity index (χ1) is 12.5. The summed E-state index contributed by atoms with van der Waals surface area (Å²) in [6.07, 6.45) is 0. The topological polar surface area (TPSA) is 111 Å². The van der Waals surface area contributed by atoms with Gasteiger partial charge in [0.2, 0.25) is 5.91 Å². The van der Waals surface area contributed by atoms with Crippen molar-refractivity contribution in [1.82, 2.24) is 10.2 Å². The summed E-state index contributed by atoms with van der Waals surface area (Å²) < 4.78 is 19.0. The quantitative estimate of drug-likeness (QED) is 0.399. The second-order valence-corrected chi connectivity index (χ2v) is 5.89. The second-order valence-electron chi connectivity index (χ2n) is 4.96. The van der Waals surface area contributed by atoms with Gasteiger partial charge in [0.15, 0.2) is 0 Å². The predicted molar refractivity (Wildman–Crippen MR) is 92.1 cm³/mol. The fourth-order valence-corrected chi connectivity index (χ4v) is 2.63. The van der Waals surface area contributed by atoms with E-state index in [1.807, 2.05) is 0 Å². The first kappa shape index (κ1) is 17.5. The summed E-state index contributed by atoms with van der Waals surface area (Å²) in [5, 5.41) is 21.0. The minimum Gasteiger partial charge on any atom is -0.411 e. The van der Waals surface area contributed by atoms with Gasteiger partial charge >= 0.3 is 0 Å². The van der Waals surface area contributed by atoms with E-state index in [9.17, 15) is 19.3 Å². The Labute approximate surface area is 150 Å². The number of halogens is 1. The molecule has 0 saturated carbocycles. The molecule has 0 aliphatic heterocycles. The van der Waals surface area contributed by atoms with Gasteiger partial charge in [0.25, 0.3) is 16.8 Å².